The molecule has 0 aromatic heterocycles. The van der Waals surface area contributed by atoms with Crippen molar-refractivity contribution >= 4 is 17.7 Å². The van der Waals surface area contributed by atoms with Gasteiger partial charge in [-0.1, -0.05) is 141 Å². The van der Waals surface area contributed by atoms with Crippen molar-refractivity contribution in [2.45, 2.75) is 167 Å². The van der Waals surface area contributed by atoms with E-state index in [4.69, 9.17) is 9.47 Å². The number of allylic oxidation sites excluding steroid dienone is 5. The zero-order valence-electron chi connectivity index (χ0n) is 29.2. The highest BCUT2D eigenvalue weighted by atomic mass is 16.6. The number of ketones is 1. The monoisotopic (exact) mass is 646 g/mol. The number of hydrogen-bond acceptors (Lipinski definition) is 7. The predicted molar refractivity (Wildman–Crippen MR) is 186 cm³/mol. The SMILES string of the molecule is CCCCCCCCCCCCCCCC(=O)O[C@@H](CO)COC(=O)CCC/C=C\C[C@H]1C=CC(=O)[C@@H]1/C=C/[C@@H](O)CCCCC. The third-order valence-corrected chi connectivity index (χ3v) is 8.68. The van der Waals surface area contributed by atoms with E-state index in [1.807, 2.05) is 24.3 Å². The lowest BCUT2D eigenvalue weighted by molar-refractivity contribution is -0.161. The van der Waals surface area contributed by atoms with Crippen molar-refractivity contribution in [2.75, 3.05) is 13.2 Å². The van der Waals surface area contributed by atoms with Crippen LogP contribution in [0.15, 0.2) is 36.5 Å². The van der Waals surface area contributed by atoms with Crippen LogP contribution in [0, 0.1) is 11.8 Å². The van der Waals surface area contributed by atoms with Crippen molar-refractivity contribution in [3.05, 3.63) is 36.5 Å². The maximum atomic E-state index is 12.3. The van der Waals surface area contributed by atoms with Gasteiger partial charge in [0.25, 0.3) is 0 Å². The number of aliphatic hydroxyl groups is 2. The molecule has 0 saturated carbocycles. The van der Waals surface area contributed by atoms with Crippen molar-refractivity contribution in [1.29, 1.82) is 0 Å². The Hall–Kier alpha value is -2.25. The Morgan fingerprint density at radius 3 is 2.02 bits per heavy atom. The van der Waals surface area contributed by atoms with Crippen LogP contribution < -0.4 is 0 Å². The summed E-state index contributed by atoms with van der Waals surface area (Å²) in [6.45, 7) is 3.86. The molecule has 0 heterocycles. The Morgan fingerprint density at radius 2 is 1.39 bits per heavy atom. The largest absolute Gasteiger partial charge is 0.462 e. The third-order valence-electron chi connectivity index (χ3n) is 8.68. The van der Waals surface area contributed by atoms with Gasteiger partial charge in [-0.05, 0) is 44.1 Å². The average Bonchev–Trinajstić information content (AvgIpc) is 3.40. The molecular formula is C39H66O7. The molecular weight excluding hydrogens is 580 g/mol. The van der Waals surface area contributed by atoms with E-state index < -0.39 is 12.2 Å². The van der Waals surface area contributed by atoms with E-state index in [-0.39, 0.29) is 49.2 Å². The first kappa shape index (κ1) is 41.8. The van der Waals surface area contributed by atoms with Crippen LogP contribution in [-0.4, -0.2) is 53.4 Å². The molecule has 0 saturated heterocycles. The van der Waals surface area contributed by atoms with Crippen LogP contribution in [-0.2, 0) is 23.9 Å². The summed E-state index contributed by atoms with van der Waals surface area (Å²) in [5.74, 6) is -0.821. The summed E-state index contributed by atoms with van der Waals surface area (Å²) in [4.78, 5) is 36.6. The Kier molecular flexibility index (Phi) is 26.3. The summed E-state index contributed by atoms with van der Waals surface area (Å²) in [6, 6.07) is 0. The maximum absolute atomic E-state index is 12.3. The average molecular weight is 647 g/mol. The molecule has 0 aliphatic heterocycles. The van der Waals surface area contributed by atoms with Crippen molar-refractivity contribution in [1.82, 2.24) is 0 Å². The predicted octanol–water partition coefficient (Wildman–Crippen LogP) is 8.90. The van der Waals surface area contributed by atoms with E-state index in [0.717, 1.165) is 51.4 Å². The summed E-state index contributed by atoms with van der Waals surface area (Å²) in [7, 11) is 0. The second-order valence-electron chi connectivity index (χ2n) is 13.0. The number of rotatable bonds is 30. The highest BCUT2D eigenvalue weighted by Crippen LogP contribution is 2.27. The molecule has 4 atom stereocenters. The van der Waals surface area contributed by atoms with Crippen LogP contribution in [0.4, 0.5) is 0 Å². The molecule has 1 aliphatic carbocycles. The molecule has 0 bridgehead atoms. The molecule has 264 valence electrons. The highest BCUT2D eigenvalue weighted by molar-refractivity contribution is 5.95. The van der Waals surface area contributed by atoms with Crippen LogP contribution in [0.25, 0.3) is 0 Å². The second kappa shape index (κ2) is 28.9. The van der Waals surface area contributed by atoms with Crippen LogP contribution >= 0.6 is 0 Å². The number of hydrogen-bond donors (Lipinski definition) is 2. The van der Waals surface area contributed by atoms with Gasteiger partial charge in [-0.25, -0.2) is 0 Å². The van der Waals surface area contributed by atoms with E-state index in [2.05, 4.69) is 13.8 Å². The van der Waals surface area contributed by atoms with Gasteiger partial charge >= 0.3 is 11.9 Å². The van der Waals surface area contributed by atoms with Crippen LogP contribution in [0.3, 0.4) is 0 Å². The van der Waals surface area contributed by atoms with Gasteiger partial charge in [-0.3, -0.25) is 14.4 Å². The number of carbonyl (C=O) groups is 3. The number of ether oxygens (including phenoxy) is 2. The lowest BCUT2D eigenvalue weighted by atomic mass is 9.90. The molecule has 2 N–H and O–H groups in total. The molecule has 1 aliphatic rings. The van der Waals surface area contributed by atoms with Crippen LogP contribution in [0.1, 0.15) is 155 Å². The number of aliphatic hydroxyl groups excluding tert-OH is 2. The van der Waals surface area contributed by atoms with Crippen molar-refractivity contribution in [3.63, 3.8) is 0 Å². The molecule has 7 nitrogen and oxygen atoms in total. The van der Waals surface area contributed by atoms with Crippen molar-refractivity contribution in [2.24, 2.45) is 11.8 Å². The number of carbonyl (C=O) groups excluding carboxylic acids is 3. The minimum absolute atomic E-state index is 0.0737. The summed E-state index contributed by atoms with van der Waals surface area (Å²) >= 11 is 0. The molecule has 0 amide bonds. The normalized spacial score (nSPS) is 17.7. The van der Waals surface area contributed by atoms with E-state index in [0.29, 0.717) is 19.3 Å². The Morgan fingerprint density at radius 1 is 0.804 bits per heavy atom. The Bertz CT molecular complexity index is 878. The second-order valence-corrected chi connectivity index (χ2v) is 13.0. The first-order chi connectivity index (χ1) is 22.4. The van der Waals surface area contributed by atoms with Gasteiger partial charge in [0.1, 0.15) is 6.61 Å². The Labute approximate surface area is 280 Å². The quantitative estimate of drug-likeness (QED) is 0.0455. The fourth-order valence-electron chi connectivity index (χ4n) is 5.72. The number of unbranched alkanes of at least 4 members (excludes halogenated alkanes) is 15. The molecule has 0 aromatic carbocycles. The van der Waals surface area contributed by atoms with E-state index in [1.165, 1.54) is 64.2 Å². The molecule has 7 heteroatoms. The van der Waals surface area contributed by atoms with E-state index >= 15 is 0 Å². The van der Waals surface area contributed by atoms with E-state index in [1.54, 1.807) is 12.2 Å². The van der Waals surface area contributed by atoms with Gasteiger partial charge in [-0.2, -0.15) is 0 Å². The molecule has 46 heavy (non-hydrogen) atoms. The van der Waals surface area contributed by atoms with Crippen LogP contribution in [0.5, 0.6) is 0 Å². The fraction of sp³-hybridized carbons (Fsp3) is 0.769. The minimum Gasteiger partial charge on any atom is -0.462 e. The topological polar surface area (TPSA) is 110 Å². The van der Waals surface area contributed by atoms with Gasteiger partial charge in [0.15, 0.2) is 11.9 Å². The van der Waals surface area contributed by atoms with Gasteiger partial charge in [0.2, 0.25) is 0 Å². The maximum Gasteiger partial charge on any atom is 0.306 e. The number of esters is 2. The zero-order chi connectivity index (χ0) is 33.7. The van der Waals surface area contributed by atoms with Gasteiger partial charge < -0.3 is 19.7 Å². The van der Waals surface area contributed by atoms with Crippen LogP contribution in [0.2, 0.25) is 0 Å². The summed E-state index contributed by atoms with van der Waals surface area (Å²) in [5, 5.41) is 19.7. The molecule has 1 rings (SSSR count). The van der Waals surface area contributed by atoms with E-state index in [9.17, 15) is 24.6 Å². The molecule has 0 unspecified atom stereocenters. The zero-order valence-corrected chi connectivity index (χ0v) is 29.2. The smallest absolute Gasteiger partial charge is 0.306 e. The van der Waals surface area contributed by atoms with Gasteiger partial charge in [0, 0.05) is 18.8 Å². The van der Waals surface area contributed by atoms with Crippen molar-refractivity contribution in [3.8, 4) is 0 Å². The lowest BCUT2D eigenvalue weighted by Gasteiger charge is -2.15. The standard InChI is InChI=1S/C39H66O7/c1-3-5-7-8-9-10-11-12-13-14-15-16-22-26-39(44)46-35(31-40)32-45-38(43)25-21-18-17-20-23-33-27-30-37(42)36(33)29-28-34(41)24-19-6-4-2/h17,20,27-30,33-36,40-41H,3-16,18-19,21-26,31-32H2,1-2H3/b20-17-,29-28+/t33-,34-,35-,36+/m0/s1. The highest BCUT2D eigenvalue weighted by Gasteiger charge is 2.27. The Balaban J connectivity index is 2.10. The van der Waals surface area contributed by atoms with Crippen molar-refractivity contribution < 1.29 is 34.1 Å². The van der Waals surface area contributed by atoms with Gasteiger partial charge in [-0.15, -0.1) is 0 Å². The molecule has 0 fully saturated rings. The van der Waals surface area contributed by atoms with Gasteiger partial charge in [0.05, 0.1) is 12.7 Å². The summed E-state index contributed by atoms with van der Waals surface area (Å²) in [6.07, 6.45) is 32.5. The molecule has 0 radical (unpaired) electrons. The minimum atomic E-state index is -0.833. The first-order valence-electron chi connectivity index (χ1n) is 18.6. The summed E-state index contributed by atoms with van der Waals surface area (Å²) < 4.78 is 10.5. The summed E-state index contributed by atoms with van der Waals surface area (Å²) in [5.41, 5.74) is 0. The third kappa shape index (κ3) is 22.3. The molecule has 0 spiro atoms. The molecule has 0 aromatic rings. The lowest BCUT2D eigenvalue weighted by Crippen LogP contribution is -2.28. The fourth-order valence-corrected chi connectivity index (χ4v) is 5.72. The first-order valence-corrected chi connectivity index (χ1v) is 18.6.